The summed E-state index contributed by atoms with van der Waals surface area (Å²) in [7, 11) is 0. The molecule has 1 aromatic rings. The van der Waals surface area contributed by atoms with Gasteiger partial charge in [-0.3, -0.25) is 4.79 Å². The third kappa shape index (κ3) is 2.42. The first-order valence-electron chi connectivity index (χ1n) is 4.33. The molecule has 0 radical (unpaired) electrons. The maximum absolute atomic E-state index is 11.3. The number of rotatable bonds is 3. The van der Waals surface area contributed by atoms with Crippen LogP contribution in [-0.2, 0) is 4.79 Å². The van der Waals surface area contributed by atoms with Crippen LogP contribution in [0.2, 0.25) is 0 Å². The number of hydrogen-bond acceptors (Lipinski definition) is 3. The minimum Gasteiger partial charge on any atom is -0.506 e. The van der Waals surface area contributed by atoms with Crippen molar-refractivity contribution in [1.82, 2.24) is 0 Å². The number of carbonyl (C=O) groups excluding carboxylic acids is 1. The maximum atomic E-state index is 11.3. The zero-order valence-corrected chi connectivity index (χ0v) is 8.87. The number of phenolic OH excluding ortho intramolecular Hbond substituents is 1. The number of amides is 1. The van der Waals surface area contributed by atoms with Crippen molar-refractivity contribution in [3.05, 3.63) is 24.3 Å². The summed E-state index contributed by atoms with van der Waals surface area (Å²) >= 11 is 4.06. The van der Waals surface area contributed by atoms with Crippen molar-refractivity contribution in [2.24, 2.45) is 0 Å². The average molecular weight is 211 g/mol. The van der Waals surface area contributed by atoms with E-state index >= 15 is 0 Å². The van der Waals surface area contributed by atoms with Gasteiger partial charge in [-0.1, -0.05) is 12.1 Å². The van der Waals surface area contributed by atoms with Gasteiger partial charge in [0.25, 0.3) is 0 Å². The second-order valence-electron chi connectivity index (χ2n) is 2.88. The van der Waals surface area contributed by atoms with Crippen molar-refractivity contribution in [3.8, 4) is 5.75 Å². The Labute approximate surface area is 88.8 Å². The van der Waals surface area contributed by atoms with Gasteiger partial charge in [0.05, 0.1) is 5.69 Å². The lowest BCUT2D eigenvalue weighted by Gasteiger charge is -2.20. The molecule has 0 saturated carbocycles. The average Bonchev–Trinajstić information content (AvgIpc) is 2.15. The Morgan fingerprint density at radius 3 is 2.64 bits per heavy atom. The molecule has 0 aliphatic heterocycles. The van der Waals surface area contributed by atoms with E-state index in [1.165, 1.54) is 11.8 Å². The topological polar surface area (TPSA) is 40.5 Å². The summed E-state index contributed by atoms with van der Waals surface area (Å²) in [5.41, 5.74) is 0.536. The summed E-state index contributed by atoms with van der Waals surface area (Å²) in [6.45, 7) is 1.96. The zero-order valence-electron chi connectivity index (χ0n) is 7.97. The first-order chi connectivity index (χ1) is 6.66. The second kappa shape index (κ2) is 4.91. The van der Waals surface area contributed by atoms with E-state index in [0.29, 0.717) is 18.0 Å². The molecule has 76 valence electrons. The molecular weight excluding hydrogens is 198 g/mol. The Morgan fingerprint density at radius 2 is 2.14 bits per heavy atom. The molecule has 0 saturated heterocycles. The molecule has 0 aliphatic carbocycles. The van der Waals surface area contributed by atoms with Crippen molar-refractivity contribution in [3.63, 3.8) is 0 Å². The van der Waals surface area contributed by atoms with Crippen molar-refractivity contribution >= 4 is 24.2 Å². The van der Waals surface area contributed by atoms with Gasteiger partial charge < -0.3 is 10.0 Å². The van der Waals surface area contributed by atoms with Crippen molar-refractivity contribution in [1.29, 1.82) is 0 Å². The number of para-hydroxylation sites is 2. The van der Waals surface area contributed by atoms with Crippen LogP contribution < -0.4 is 4.90 Å². The molecule has 4 heteroatoms. The van der Waals surface area contributed by atoms with E-state index in [1.807, 2.05) is 0 Å². The number of aromatic hydroxyl groups is 1. The van der Waals surface area contributed by atoms with E-state index in [4.69, 9.17) is 0 Å². The summed E-state index contributed by atoms with van der Waals surface area (Å²) in [5.74, 6) is 0.582. The van der Waals surface area contributed by atoms with E-state index < -0.39 is 0 Å². The van der Waals surface area contributed by atoms with Gasteiger partial charge in [0, 0.05) is 19.2 Å². The molecule has 0 spiro atoms. The standard InChI is InChI=1S/C10H13NO2S/c1-8(12)11(6-7-14)9-4-2-3-5-10(9)13/h2-5,13-14H,6-7H2,1H3. The molecule has 1 rings (SSSR count). The van der Waals surface area contributed by atoms with Crippen LogP contribution in [0.3, 0.4) is 0 Å². The number of phenols is 1. The monoisotopic (exact) mass is 211 g/mol. The van der Waals surface area contributed by atoms with E-state index in [0.717, 1.165) is 0 Å². The van der Waals surface area contributed by atoms with Gasteiger partial charge in [0.1, 0.15) is 5.75 Å². The van der Waals surface area contributed by atoms with Crippen molar-refractivity contribution < 1.29 is 9.90 Å². The molecule has 1 amide bonds. The van der Waals surface area contributed by atoms with Gasteiger partial charge >= 0.3 is 0 Å². The second-order valence-corrected chi connectivity index (χ2v) is 3.33. The van der Waals surface area contributed by atoms with Crippen molar-refractivity contribution in [2.75, 3.05) is 17.2 Å². The maximum Gasteiger partial charge on any atom is 0.223 e. The first kappa shape index (κ1) is 10.9. The van der Waals surface area contributed by atoms with Crippen molar-refractivity contribution in [2.45, 2.75) is 6.92 Å². The van der Waals surface area contributed by atoms with Crippen LogP contribution in [0.5, 0.6) is 5.75 Å². The lowest BCUT2D eigenvalue weighted by atomic mass is 10.2. The van der Waals surface area contributed by atoms with Crippen LogP contribution in [0.1, 0.15) is 6.92 Å². The molecule has 1 aromatic carbocycles. The van der Waals surface area contributed by atoms with Gasteiger partial charge in [-0.05, 0) is 12.1 Å². The smallest absolute Gasteiger partial charge is 0.223 e. The SMILES string of the molecule is CC(=O)N(CCS)c1ccccc1O. The number of carbonyl (C=O) groups is 1. The third-order valence-corrected chi connectivity index (χ3v) is 2.08. The molecule has 3 nitrogen and oxygen atoms in total. The summed E-state index contributed by atoms with van der Waals surface area (Å²) < 4.78 is 0. The highest BCUT2D eigenvalue weighted by Crippen LogP contribution is 2.26. The highest BCUT2D eigenvalue weighted by atomic mass is 32.1. The molecule has 0 fully saturated rings. The Kier molecular flexibility index (Phi) is 3.83. The molecule has 14 heavy (non-hydrogen) atoms. The lowest BCUT2D eigenvalue weighted by molar-refractivity contribution is -0.116. The predicted octanol–water partition coefficient (Wildman–Crippen LogP) is 1.67. The van der Waals surface area contributed by atoms with Gasteiger partial charge in [0.15, 0.2) is 0 Å². The molecule has 0 unspecified atom stereocenters. The minimum atomic E-state index is -0.0967. The largest absolute Gasteiger partial charge is 0.506 e. The van der Waals surface area contributed by atoms with Crippen LogP contribution in [0.25, 0.3) is 0 Å². The van der Waals surface area contributed by atoms with Gasteiger partial charge in [0.2, 0.25) is 5.91 Å². The number of anilines is 1. The third-order valence-electron chi connectivity index (χ3n) is 1.88. The summed E-state index contributed by atoms with van der Waals surface area (Å²) in [6.07, 6.45) is 0. The van der Waals surface area contributed by atoms with Gasteiger partial charge in [-0.15, -0.1) is 0 Å². The van der Waals surface area contributed by atoms with Crippen LogP contribution in [0, 0.1) is 0 Å². The molecular formula is C10H13NO2S. The fourth-order valence-corrected chi connectivity index (χ4v) is 1.44. The zero-order chi connectivity index (χ0) is 10.6. The van der Waals surface area contributed by atoms with E-state index in [9.17, 15) is 9.90 Å². The van der Waals surface area contributed by atoms with Gasteiger partial charge in [-0.25, -0.2) is 0 Å². The summed E-state index contributed by atoms with van der Waals surface area (Å²) in [6, 6.07) is 6.77. The Balaban J connectivity index is 2.99. The van der Waals surface area contributed by atoms with E-state index in [2.05, 4.69) is 12.6 Å². The molecule has 0 heterocycles. The highest BCUT2D eigenvalue weighted by molar-refractivity contribution is 7.80. The van der Waals surface area contributed by atoms with E-state index in [1.54, 1.807) is 24.3 Å². The fourth-order valence-electron chi connectivity index (χ4n) is 1.24. The predicted molar refractivity (Wildman–Crippen MR) is 60.0 cm³/mol. The summed E-state index contributed by atoms with van der Waals surface area (Å²) in [5, 5.41) is 9.54. The van der Waals surface area contributed by atoms with Gasteiger partial charge in [-0.2, -0.15) is 12.6 Å². The molecule has 0 aliphatic rings. The Bertz CT molecular complexity index is 328. The normalized spacial score (nSPS) is 9.86. The quantitative estimate of drug-likeness (QED) is 0.747. The lowest BCUT2D eigenvalue weighted by Crippen LogP contribution is -2.30. The van der Waals surface area contributed by atoms with Crippen LogP contribution in [0.15, 0.2) is 24.3 Å². The number of thiol groups is 1. The number of nitrogens with zero attached hydrogens (tertiary/aromatic N) is 1. The Hall–Kier alpha value is -1.16. The molecule has 0 aromatic heterocycles. The number of hydrogen-bond donors (Lipinski definition) is 2. The minimum absolute atomic E-state index is 0.0967. The van der Waals surface area contributed by atoms with Crippen LogP contribution in [0.4, 0.5) is 5.69 Å². The summed E-state index contributed by atoms with van der Waals surface area (Å²) in [4.78, 5) is 12.8. The highest BCUT2D eigenvalue weighted by Gasteiger charge is 2.13. The Morgan fingerprint density at radius 1 is 1.50 bits per heavy atom. The molecule has 1 N–H and O–H groups in total. The van der Waals surface area contributed by atoms with Crippen LogP contribution in [-0.4, -0.2) is 23.3 Å². The first-order valence-corrected chi connectivity index (χ1v) is 4.97. The number of benzene rings is 1. The fraction of sp³-hybridized carbons (Fsp3) is 0.300. The molecule has 0 atom stereocenters. The molecule has 0 bridgehead atoms. The van der Waals surface area contributed by atoms with Crippen LogP contribution >= 0.6 is 12.6 Å². The van der Waals surface area contributed by atoms with E-state index in [-0.39, 0.29) is 11.7 Å².